The number of rotatable bonds is 6. The molecule has 0 aliphatic carbocycles. The van der Waals surface area contributed by atoms with Crippen LogP contribution in [0, 0.1) is 6.92 Å². The van der Waals surface area contributed by atoms with Crippen molar-refractivity contribution in [1.82, 2.24) is 5.32 Å². The van der Waals surface area contributed by atoms with E-state index in [0.29, 0.717) is 11.8 Å². The minimum Gasteiger partial charge on any atom is -0.450 e. The van der Waals surface area contributed by atoms with Crippen molar-refractivity contribution in [3.8, 4) is 0 Å². The maximum Gasteiger partial charge on any atom is 0.374 e. The predicted octanol–water partition coefficient (Wildman–Crippen LogP) is 3.53. The van der Waals surface area contributed by atoms with E-state index in [2.05, 4.69) is 5.32 Å². The number of esters is 1. The molecule has 0 aliphatic heterocycles. The number of ether oxygens (including phenoxy) is 1. The molecule has 2 aromatic carbocycles. The molecule has 0 fully saturated rings. The van der Waals surface area contributed by atoms with Crippen molar-refractivity contribution in [3.05, 3.63) is 81.7 Å². The normalized spacial score (nSPS) is 11.8. The lowest BCUT2D eigenvalue weighted by atomic mass is 10.0. The monoisotopic (exact) mass is 379 g/mol. The average Bonchev–Trinajstić information content (AvgIpc) is 2.71. The van der Waals surface area contributed by atoms with Gasteiger partial charge in [0.05, 0.1) is 11.4 Å². The number of carbonyl (C=O) groups excluding carboxylic acids is 2. The Morgan fingerprint density at radius 3 is 2.54 bits per heavy atom. The van der Waals surface area contributed by atoms with Gasteiger partial charge in [-0.1, -0.05) is 48.9 Å². The SMILES string of the molecule is CC[C@@H](NC(=O)COC(=O)c1cc(=O)c2ccccc2o1)c1ccc(C)cc1. The summed E-state index contributed by atoms with van der Waals surface area (Å²) in [4.78, 5) is 36.4. The Bertz CT molecular complexity index is 1050. The van der Waals surface area contributed by atoms with Crippen LogP contribution in [0.3, 0.4) is 0 Å². The van der Waals surface area contributed by atoms with Crippen LogP contribution in [0.1, 0.15) is 41.1 Å². The molecule has 0 bridgehead atoms. The zero-order valence-electron chi connectivity index (χ0n) is 15.7. The van der Waals surface area contributed by atoms with Crippen LogP contribution in [0.5, 0.6) is 0 Å². The van der Waals surface area contributed by atoms with Gasteiger partial charge in [-0.3, -0.25) is 9.59 Å². The van der Waals surface area contributed by atoms with Crippen molar-refractivity contribution in [1.29, 1.82) is 0 Å². The van der Waals surface area contributed by atoms with Gasteiger partial charge in [-0.15, -0.1) is 0 Å². The zero-order valence-corrected chi connectivity index (χ0v) is 15.7. The first kappa shape index (κ1) is 19.4. The van der Waals surface area contributed by atoms with Gasteiger partial charge < -0.3 is 14.5 Å². The smallest absolute Gasteiger partial charge is 0.374 e. The fourth-order valence-corrected chi connectivity index (χ4v) is 2.86. The lowest BCUT2D eigenvalue weighted by Gasteiger charge is -2.17. The molecule has 0 saturated heterocycles. The first-order valence-corrected chi connectivity index (χ1v) is 9.04. The first-order chi connectivity index (χ1) is 13.5. The number of nitrogens with one attached hydrogen (secondary N) is 1. The third-order valence-corrected chi connectivity index (χ3v) is 4.39. The molecular formula is C22H21NO5. The lowest BCUT2D eigenvalue weighted by Crippen LogP contribution is -2.32. The predicted molar refractivity (Wildman–Crippen MR) is 105 cm³/mol. The number of fused-ring (bicyclic) bond motifs is 1. The second-order valence-corrected chi connectivity index (χ2v) is 6.49. The third-order valence-electron chi connectivity index (χ3n) is 4.39. The molecule has 1 amide bonds. The molecule has 1 aromatic heterocycles. The van der Waals surface area contributed by atoms with Gasteiger partial charge in [0.15, 0.2) is 12.0 Å². The number of hydrogen-bond donors (Lipinski definition) is 1. The van der Waals surface area contributed by atoms with Crippen molar-refractivity contribution in [2.45, 2.75) is 26.3 Å². The van der Waals surface area contributed by atoms with Gasteiger partial charge in [0.1, 0.15) is 5.58 Å². The summed E-state index contributed by atoms with van der Waals surface area (Å²) in [6.45, 7) is 3.49. The Labute approximate surface area is 162 Å². The Morgan fingerprint density at radius 2 is 1.82 bits per heavy atom. The number of para-hydroxylation sites is 1. The van der Waals surface area contributed by atoms with E-state index in [1.807, 2.05) is 38.1 Å². The topological polar surface area (TPSA) is 85.6 Å². The number of benzene rings is 2. The van der Waals surface area contributed by atoms with Crippen LogP contribution >= 0.6 is 0 Å². The van der Waals surface area contributed by atoms with Gasteiger partial charge in [-0.2, -0.15) is 0 Å². The van der Waals surface area contributed by atoms with Crippen LogP contribution in [0.15, 0.2) is 63.8 Å². The van der Waals surface area contributed by atoms with Gasteiger partial charge in [-0.25, -0.2) is 4.79 Å². The van der Waals surface area contributed by atoms with E-state index in [-0.39, 0.29) is 22.8 Å². The Morgan fingerprint density at radius 1 is 1.11 bits per heavy atom. The Kier molecular flexibility index (Phi) is 5.89. The Hall–Kier alpha value is -3.41. The van der Waals surface area contributed by atoms with E-state index in [1.54, 1.807) is 24.3 Å². The van der Waals surface area contributed by atoms with Crippen molar-refractivity contribution in [3.63, 3.8) is 0 Å². The van der Waals surface area contributed by atoms with Gasteiger partial charge >= 0.3 is 5.97 Å². The Balaban J connectivity index is 1.63. The molecule has 0 unspecified atom stereocenters. The molecular weight excluding hydrogens is 358 g/mol. The minimum absolute atomic E-state index is 0.176. The van der Waals surface area contributed by atoms with Crippen molar-refractivity contribution >= 4 is 22.8 Å². The summed E-state index contributed by atoms with van der Waals surface area (Å²) in [6, 6.07) is 15.4. The van der Waals surface area contributed by atoms with Crippen LogP contribution in [-0.4, -0.2) is 18.5 Å². The van der Waals surface area contributed by atoms with Crippen LogP contribution in [0.2, 0.25) is 0 Å². The molecule has 1 atom stereocenters. The molecule has 6 nitrogen and oxygen atoms in total. The molecule has 6 heteroatoms. The fraction of sp³-hybridized carbons (Fsp3) is 0.227. The standard InChI is InChI=1S/C22H21NO5/c1-3-17(15-10-8-14(2)9-11-15)23-21(25)13-27-22(26)20-12-18(24)16-6-4-5-7-19(16)28-20/h4-12,17H,3,13H2,1-2H3,(H,23,25)/t17-/m1/s1. The number of hydrogen-bond acceptors (Lipinski definition) is 5. The second-order valence-electron chi connectivity index (χ2n) is 6.49. The van der Waals surface area contributed by atoms with Crippen molar-refractivity contribution < 1.29 is 18.7 Å². The van der Waals surface area contributed by atoms with E-state index >= 15 is 0 Å². The molecule has 1 heterocycles. The number of amides is 1. The summed E-state index contributed by atoms with van der Waals surface area (Å²) in [7, 11) is 0. The molecule has 28 heavy (non-hydrogen) atoms. The maximum absolute atomic E-state index is 12.2. The molecule has 0 saturated carbocycles. The van der Waals surface area contributed by atoms with Gasteiger partial charge in [0.25, 0.3) is 5.91 Å². The summed E-state index contributed by atoms with van der Waals surface area (Å²) in [5.74, 6) is -1.52. The van der Waals surface area contributed by atoms with Crippen LogP contribution in [0.4, 0.5) is 0 Å². The molecule has 0 spiro atoms. The van der Waals surface area contributed by atoms with E-state index in [0.717, 1.165) is 17.2 Å². The fourth-order valence-electron chi connectivity index (χ4n) is 2.86. The van der Waals surface area contributed by atoms with E-state index in [9.17, 15) is 14.4 Å². The van der Waals surface area contributed by atoms with Gasteiger partial charge in [-0.05, 0) is 31.0 Å². The van der Waals surface area contributed by atoms with E-state index in [1.165, 1.54) is 0 Å². The zero-order chi connectivity index (χ0) is 20.1. The van der Waals surface area contributed by atoms with Crippen molar-refractivity contribution in [2.24, 2.45) is 0 Å². The molecule has 0 radical (unpaired) electrons. The third kappa shape index (κ3) is 4.46. The minimum atomic E-state index is -0.860. The largest absolute Gasteiger partial charge is 0.450 e. The average molecular weight is 379 g/mol. The summed E-state index contributed by atoms with van der Waals surface area (Å²) in [5.41, 5.74) is 2.06. The highest BCUT2D eigenvalue weighted by molar-refractivity contribution is 5.90. The van der Waals surface area contributed by atoms with Gasteiger partial charge in [0, 0.05) is 6.07 Å². The lowest BCUT2D eigenvalue weighted by molar-refractivity contribution is -0.125. The van der Waals surface area contributed by atoms with E-state index < -0.39 is 18.5 Å². The molecule has 3 rings (SSSR count). The first-order valence-electron chi connectivity index (χ1n) is 9.04. The highest BCUT2D eigenvalue weighted by Crippen LogP contribution is 2.17. The highest BCUT2D eigenvalue weighted by atomic mass is 16.5. The second kappa shape index (κ2) is 8.52. The summed E-state index contributed by atoms with van der Waals surface area (Å²) in [5, 5.41) is 3.22. The van der Waals surface area contributed by atoms with E-state index in [4.69, 9.17) is 9.15 Å². The summed E-state index contributed by atoms with van der Waals surface area (Å²) >= 11 is 0. The van der Waals surface area contributed by atoms with Crippen LogP contribution in [-0.2, 0) is 9.53 Å². The van der Waals surface area contributed by atoms with Crippen LogP contribution < -0.4 is 10.7 Å². The highest BCUT2D eigenvalue weighted by Gasteiger charge is 2.17. The maximum atomic E-state index is 12.2. The summed E-state index contributed by atoms with van der Waals surface area (Å²) in [6.07, 6.45) is 0.697. The number of aryl methyl sites for hydroxylation is 1. The molecule has 144 valence electrons. The van der Waals surface area contributed by atoms with Gasteiger partial charge in [0.2, 0.25) is 5.76 Å². The molecule has 0 aliphatic rings. The quantitative estimate of drug-likeness (QED) is 0.662. The molecule has 3 aromatic rings. The van der Waals surface area contributed by atoms with Crippen molar-refractivity contribution in [2.75, 3.05) is 6.61 Å². The number of carbonyl (C=O) groups is 2. The summed E-state index contributed by atoms with van der Waals surface area (Å²) < 4.78 is 10.4. The van der Waals surface area contributed by atoms with Crippen LogP contribution in [0.25, 0.3) is 11.0 Å². The molecule has 1 N–H and O–H groups in total.